The fraction of sp³-hybridized carbons (Fsp3) is 1.00. The van der Waals surface area contributed by atoms with E-state index in [2.05, 4.69) is 0 Å². The van der Waals surface area contributed by atoms with Gasteiger partial charge in [0.2, 0.25) is 0 Å². The van der Waals surface area contributed by atoms with Gasteiger partial charge in [0, 0.05) is 13.0 Å². The highest BCUT2D eigenvalue weighted by atomic mass is 35.5. The maximum atomic E-state index is 5.38. The number of hydrogen-bond acceptors (Lipinski definition) is 2. The molecule has 0 aliphatic heterocycles. The van der Waals surface area contributed by atoms with Gasteiger partial charge in [0.25, 0.3) is 0 Å². The molecule has 0 bridgehead atoms. The summed E-state index contributed by atoms with van der Waals surface area (Å²) in [6.07, 6.45) is 0. The lowest BCUT2D eigenvalue weighted by Crippen LogP contribution is -2.27. The van der Waals surface area contributed by atoms with Crippen LogP contribution in [0.25, 0.3) is 0 Å². The maximum absolute atomic E-state index is 5.38. The van der Waals surface area contributed by atoms with E-state index in [0.717, 1.165) is 0 Å². The van der Waals surface area contributed by atoms with E-state index in [4.69, 9.17) is 21.1 Å². The van der Waals surface area contributed by atoms with E-state index in [9.17, 15) is 0 Å². The second-order valence-corrected chi connectivity index (χ2v) is 2.52. The minimum absolute atomic E-state index is 0.491. The molecule has 0 saturated carbocycles. The molecular weight excluding hydrogens is 140 g/mol. The smallest absolute Gasteiger partial charge is 0.162 e. The Morgan fingerprint density at radius 3 is 2.33 bits per heavy atom. The van der Waals surface area contributed by atoms with Crippen molar-refractivity contribution in [2.45, 2.75) is 19.6 Å². The zero-order valence-corrected chi connectivity index (χ0v) is 6.86. The predicted molar refractivity (Wildman–Crippen MR) is 37.8 cm³/mol. The van der Waals surface area contributed by atoms with Gasteiger partial charge in [-0.15, -0.1) is 11.6 Å². The Morgan fingerprint density at radius 2 is 2.00 bits per heavy atom. The van der Waals surface area contributed by atoms with Crippen molar-refractivity contribution in [2.75, 3.05) is 19.6 Å². The molecule has 0 aliphatic rings. The molecule has 0 rings (SSSR count). The van der Waals surface area contributed by atoms with Crippen molar-refractivity contribution in [3.63, 3.8) is 0 Å². The first-order valence-corrected chi connectivity index (χ1v) is 3.41. The Balaban J connectivity index is 3.33. The third-order valence-electron chi connectivity index (χ3n) is 1.02. The van der Waals surface area contributed by atoms with Crippen molar-refractivity contribution in [2.24, 2.45) is 0 Å². The quantitative estimate of drug-likeness (QED) is 0.450. The van der Waals surface area contributed by atoms with E-state index in [-0.39, 0.29) is 0 Å². The average molecular weight is 153 g/mol. The lowest BCUT2D eigenvalue weighted by molar-refractivity contribution is -0.193. The highest BCUT2D eigenvalue weighted by Gasteiger charge is 2.14. The lowest BCUT2D eigenvalue weighted by Gasteiger charge is -2.22. The second-order valence-electron chi connectivity index (χ2n) is 2.14. The largest absolute Gasteiger partial charge is 0.354 e. The SMILES string of the molecule is COC(C)(C)OCCCl. The third kappa shape index (κ3) is 4.70. The van der Waals surface area contributed by atoms with Gasteiger partial charge in [0.1, 0.15) is 0 Å². The van der Waals surface area contributed by atoms with Crippen LogP contribution in [0.5, 0.6) is 0 Å². The Labute approximate surface area is 61.1 Å². The first-order valence-electron chi connectivity index (χ1n) is 2.87. The van der Waals surface area contributed by atoms with E-state index in [1.165, 1.54) is 0 Å². The molecule has 0 saturated heterocycles. The summed E-state index contributed by atoms with van der Waals surface area (Å²) in [7, 11) is 1.61. The molecule has 0 atom stereocenters. The van der Waals surface area contributed by atoms with Crippen LogP contribution in [0.15, 0.2) is 0 Å². The van der Waals surface area contributed by atoms with Crippen LogP contribution in [0.2, 0.25) is 0 Å². The molecule has 9 heavy (non-hydrogen) atoms. The van der Waals surface area contributed by atoms with Gasteiger partial charge in [0.05, 0.1) is 6.61 Å². The van der Waals surface area contributed by atoms with Gasteiger partial charge in [-0.3, -0.25) is 0 Å². The number of methoxy groups -OCH3 is 1. The maximum Gasteiger partial charge on any atom is 0.162 e. The number of hydrogen-bond donors (Lipinski definition) is 0. The summed E-state index contributed by atoms with van der Waals surface area (Å²) in [5.74, 6) is 0.0156. The van der Waals surface area contributed by atoms with E-state index in [1.807, 2.05) is 13.8 Å². The van der Waals surface area contributed by atoms with Gasteiger partial charge in [-0.05, 0) is 13.8 Å². The fourth-order valence-corrected chi connectivity index (χ4v) is 0.420. The monoisotopic (exact) mass is 152 g/mol. The number of halogens is 1. The summed E-state index contributed by atoms with van der Waals surface area (Å²) in [6, 6.07) is 0. The highest BCUT2D eigenvalue weighted by molar-refractivity contribution is 6.17. The fourth-order valence-electron chi connectivity index (χ4n) is 0.343. The molecule has 0 aromatic heterocycles. The summed E-state index contributed by atoms with van der Waals surface area (Å²) < 4.78 is 10.1. The lowest BCUT2D eigenvalue weighted by atomic mass is 10.4. The minimum Gasteiger partial charge on any atom is -0.354 e. The molecular formula is C6H13ClO2. The normalized spacial score (nSPS) is 12.0. The van der Waals surface area contributed by atoms with E-state index < -0.39 is 5.79 Å². The molecule has 0 aliphatic carbocycles. The topological polar surface area (TPSA) is 18.5 Å². The van der Waals surface area contributed by atoms with E-state index >= 15 is 0 Å². The molecule has 0 aromatic carbocycles. The summed E-state index contributed by atoms with van der Waals surface area (Å²) in [5.41, 5.74) is 0. The molecule has 0 fully saturated rings. The van der Waals surface area contributed by atoms with Crippen molar-refractivity contribution in [1.82, 2.24) is 0 Å². The molecule has 0 radical (unpaired) electrons. The van der Waals surface area contributed by atoms with Gasteiger partial charge in [0.15, 0.2) is 5.79 Å². The van der Waals surface area contributed by atoms with Crippen LogP contribution in [0.3, 0.4) is 0 Å². The summed E-state index contributed by atoms with van der Waals surface area (Å²) in [4.78, 5) is 0. The van der Waals surface area contributed by atoms with Gasteiger partial charge < -0.3 is 9.47 Å². The second kappa shape index (κ2) is 4.09. The van der Waals surface area contributed by atoms with Crippen molar-refractivity contribution < 1.29 is 9.47 Å². The van der Waals surface area contributed by atoms with E-state index in [0.29, 0.717) is 12.5 Å². The molecule has 2 nitrogen and oxygen atoms in total. The molecule has 0 amide bonds. The Bertz CT molecular complexity index is 73.5. The Morgan fingerprint density at radius 1 is 1.44 bits per heavy atom. The van der Waals surface area contributed by atoms with E-state index in [1.54, 1.807) is 7.11 Å². The average Bonchev–Trinajstić information content (AvgIpc) is 1.84. The summed E-state index contributed by atoms with van der Waals surface area (Å²) >= 11 is 5.38. The molecule has 3 heteroatoms. The number of rotatable bonds is 4. The number of alkyl halides is 1. The highest BCUT2D eigenvalue weighted by Crippen LogP contribution is 2.08. The van der Waals surface area contributed by atoms with Crippen LogP contribution in [0, 0.1) is 0 Å². The first-order chi connectivity index (χ1) is 4.12. The predicted octanol–water partition coefficient (Wildman–Crippen LogP) is 1.62. The van der Waals surface area contributed by atoms with Crippen LogP contribution in [0.1, 0.15) is 13.8 Å². The van der Waals surface area contributed by atoms with Crippen LogP contribution < -0.4 is 0 Å². The molecule has 0 heterocycles. The summed E-state index contributed by atoms with van der Waals surface area (Å²) in [6.45, 7) is 4.22. The molecule has 0 N–H and O–H groups in total. The zero-order valence-electron chi connectivity index (χ0n) is 6.11. The molecule has 0 aromatic rings. The minimum atomic E-state index is -0.491. The third-order valence-corrected chi connectivity index (χ3v) is 1.17. The molecule has 56 valence electrons. The van der Waals surface area contributed by atoms with Crippen LogP contribution in [-0.4, -0.2) is 25.4 Å². The molecule has 0 unspecified atom stereocenters. The van der Waals surface area contributed by atoms with Crippen LogP contribution >= 0.6 is 11.6 Å². The standard InChI is InChI=1S/C6H13ClO2/c1-6(2,8-3)9-5-4-7/h4-5H2,1-3H3. The molecule has 0 spiro atoms. The number of ether oxygens (including phenoxy) is 2. The van der Waals surface area contributed by atoms with Crippen LogP contribution in [0.4, 0.5) is 0 Å². The van der Waals surface area contributed by atoms with Crippen molar-refractivity contribution in [3.05, 3.63) is 0 Å². The van der Waals surface area contributed by atoms with Crippen molar-refractivity contribution in [3.8, 4) is 0 Å². The Hall–Kier alpha value is 0.210. The van der Waals surface area contributed by atoms with Gasteiger partial charge in [-0.1, -0.05) is 0 Å². The van der Waals surface area contributed by atoms with Gasteiger partial charge in [-0.25, -0.2) is 0 Å². The summed E-state index contributed by atoms with van der Waals surface area (Å²) in [5, 5.41) is 0. The van der Waals surface area contributed by atoms with Gasteiger partial charge >= 0.3 is 0 Å². The zero-order chi connectivity index (χ0) is 7.33. The van der Waals surface area contributed by atoms with Crippen molar-refractivity contribution >= 4 is 11.6 Å². The van der Waals surface area contributed by atoms with Crippen molar-refractivity contribution in [1.29, 1.82) is 0 Å². The van der Waals surface area contributed by atoms with Crippen LogP contribution in [-0.2, 0) is 9.47 Å². The first kappa shape index (κ1) is 9.21. The van der Waals surface area contributed by atoms with Gasteiger partial charge in [-0.2, -0.15) is 0 Å². The Kier molecular flexibility index (Phi) is 4.19.